The van der Waals surface area contributed by atoms with Crippen LogP contribution in [0, 0.1) is 0 Å². The van der Waals surface area contributed by atoms with E-state index in [1.807, 2.05) is 7.05 Å². The Kier molecular flexibility index (Phi) is 4.58. The van der Waals surface area contributed by atoms with Gasteiger partial charge in [-0.05, 0) is 26.8 Å². The van der Waals surface area contributed by atoms with Crippen LogP contribution in [0.2, 0.25) is 0 Å². The van der Waals surface area contributed by atoms with Crippen LogP contribution in [0.4, 0.5) is 0 Å². The van der Waals surface area contributed by atoms with E-state index in [0.29, 0.717) is 12.1 Å². The maximum absolute atomic E-state index is 5.56. The smallest absolute Gasteiger partial charge is 0.0726 e. The van der Waals surface area contributed by atoms with Gasteiger partial charge in [-0.25, -0.2) is 0 Å². The predicted molar refractivity (Wildman–Crippen MR) is 50.4 cm³/mol. The standard InChI is InChI=1S/C9H20N2O/c1-8(11-6-5-10-2)9-4-3-7-12-9/h8-11H,3-7H2,1-2H3. The molecule has 72 valence electrons. The molecule has 3 heteroatoms. The second-order valence-corrected chi connectivity index (χ2v) is 3.40. The second-order valence-electron chi connectivity index (χ2n) is 3.40. The monoisotopic (exact) mass is 172 g/mol. The van der Waals surface area contributed by atoms with Crippen LogP contribution in [0.25, 0.3) is 0 Å². The largest absolute Gasteiger partial charge is 0.377 e. The van der Waals surface area contributed by atoms with Crippen molar-refractivity contribution in [3.63, 3.8) is 0 Å². The molecule has 1 aliphatic heterocycles. The average molecular weight is 172 g/mol. The van der Waals surface area contributed by atoms with E-state index < -0.39 is 0 Å². The molecule has 0 bridgehead atoms. The van der Waals surface area contributed by atoms with Gasteiger partial charge in [0, 0.05) is 25.7 Å². The lowest BCUT2D eigenvalue weighted by atomic mass is 10.1. The van der Waals surface area contributed by atoms with E-state index in [9.17, 15) is 0 Å². The van der Waals surface area contributed by atoms with Crippen LogP contribution in [-0.4, -0.2) is 38.9 Å². The molecule has 1 saturated heterocycles. The maximum Gasteiger partial charge on any atom is 0.0726 e. The van der Waals surface area contributed by atoms with Gasteiger partial charge in [0.2, 0.25) is 0 Å². The summed E-state index contributed by atoms with van der Waals surface area (Å²) in [5, 5.41) is 6.55. The molecule has 2 unspecified atom stereocenters. The molecule has 0 aromatic rings. The third-order valence-corrected chi connectivity index (χ3v) is 2.36. The van der Waals surface area contributed by atoms with E-state index in [0.717, 1.165) is 19.7 Å². The van der Waals surface area contributed by atoms with Gasteiger partial charge in [-0.3, -0.25) is 0 Å². The molecule has 0 aromatic heterocycles. The zero-order valence-corrected chi connectivity index (χ0v) is 8.10. The van der Waals surface area contributed by atoms with Gasteiger partial charge >= 0.3 is 0 Å². The lowest BCUT2D eigenvalue weighted by Crippen LogP contribution is -2.39. The Bertz CT molecular complexity index is 113. The Labute approximate surface area is 74.9 Å². The number of hydrogen-bond acceptors (Lipinski definition) is 3. The summed E-state index contributed by atoms with van der Waals surface area (Å²) in [7, 11) is 1.97. The summed E-state index contributed by atoms with van der Waals surface area (Å²) in [6, 6.07) is 0.501. The lowest BCUT2D eigenvalue weighted by molar-refractivity contribution is 0.0839. The van der Waals surface area contributed by atoms with Crippen molar-refractivity contribution in [1.82, 2.24) is 10.6 Å². The predicted octanol–water partition coefficient (Wildman–Crippen LogP) is 0.363. The van der Waals surface area contributed by atoms with Crippen molar-refractivity contribution in [3.05, 3.63) is 0 Å². The minimum Gasteiger partial charge on any atom is -0.377 e. The third-order valence-electron chi connectivity index (χ3n) is 2.36. The zero-order valence-electron chi connectivity index (χ0n) is 8.10. The van der Waals surface area contributed by atoms with Gasteiger partial charge in [-0.15, -0.1) is 0 Å². The number of ether oxygens (including phenoxy) is 1. The molecule has 2 N–H and O–H groups in total. The number of hydrogen-bond donors (Lipinski definition) is 2. The first-order valence-corrected chi connectivity index (χ1v) is 4.84. The highest BCUT2D eigenvalue weighted by atomic mass is 16.5. The summed E-state index contributed by atoms with van der Waals surface area (Å²) in [4.78, 5) is 0. The normalized spacial score (nSPS) is 26.0. The number of rotatable bonds is 5. The van der Waals surface area contributed by atoms with Gasteiger partial charge in [0.05, 0.1) is 6.10 Å². The van der Waals surface area contributed by atoms with Crippen molar-refractivity contribution >= 4 is 0 Å². The molecule has 0 spiro atoms. The summed E-state index contributed by atoms with van der Waals surface area (Å²) in [5.74, 6) is 0. The number of likely N-dealkylation sites (N-methyl/N-ethyl adjacent to an activating group) is 1. The summed E-state index contributed by atoms with van der Waals surface area (Å²) in [6.07, 6.45) is 2.89. The molecule has 0 radical (unpaired) electrons. The van der Waals surface area contributed by atoms with E-state index in [2.05, 4.69) is 17.6 Å². The number of nitrogens with one attached hydrogen (secondary N) is 2. The van der Waals surface area contributed by atoms with Crippen LogP contribution >= 0.6 is 0 Å². The Morgan fingerprint density at radius 2 is 2.33 bits per heavy atom. The molecular weight excluding hydrogens is 152 g/mol. The SMILES string of the molecule is CNCCNC(C)C1CCCO1. The van der Waals surface area contributed by atoms with E-state index in [1.54, 1.807) is 0 Å². The topological polar surface area (TPSA) is 33.3 Å². The fraction of sp³-hybridized carbons (Fsp3) is 1.00. The van der Waals surface area contributed by atoms with Gasteiger partial charge in [0.1, 0.15) is 0 Å². The Morgan fingerprint density at radius 1 is 1.50 bits per heavy atom. The van der Waals surface area contributed by atoms with Crippen molar-refractivity contribution in [2.45, 2.75) is 31.9 Å². The van der Waals surface area contributed by atoms with Crippen molar-refractivity contribution in [3.8, 4) is 0 Å². The second kappa shape index (κ2) is 5.51. The first-order valence-electron chi connectivity index (χ1n) is 4.84. The Hall–Kier alpha value is -0.120. The minimum absolute atomic E-state index is 0.446. The molecule has 0 aromatic carbocycles. The quantitative estimate of drug-likeness (QED) is 0.588. The zero-order chi connectivity index (χ0) is 8.81. The van der Waals surface area contributed by atoms with Crippen molar-refractivity contribution in [2.24, 2.45) is 0 Å². The minimum atomic E-state index is 0.446. The van der Waals surface area contributed by atoms with E-state index in [4.69, 9.17) is 4.74 Å². The summed E-state index contributed by atoms with van der Waals surface area (Å²) in [6.45, 7) is 5.20. The van der Waals surface area contributed by atoms with Crippen molar-refractivity contribution in [1.29, 1.82) is 0 Å². The van der Waals surface area contributed by atoms with Crippen molar-refractivity contribution < 1.29 is 4.74 Å². The van der Waals surface area contributed by atoms with Gasteiger partial charge in [0.15, 0.2) is 0 Å². The molecule has 1 fully saturated rings. The molecule has 1 rings (SSSR count). The molecule has 3 nitrogen and oxygen atoms in total. The summed E-state index contributed by atoms with van der Waals surface area (Å²) in [5.41, 5.74) is 0. The molecule has 0 saturated carbocycles. The molecule has 0 amide bonds. The van der Waals surface area contributed by atoms with Crippen LogP contribution in [0.5, 0.6) is 0 Å². The van der Waals surface area contributed by atoms with Crippen LogP contribution in [0.3, 0.4) is 0 Å². The molecular formula is C9H20N2O. The first-order chi connectivity index (χ1) is 5.84. The van der Waals surface area contributed by atoms with Gasteiger partial charge in [-0.2, -0.15) is 0 Å². The van der Waals surface area contributed by atoms with Crippen LogP contribution in [-0.2, 0) is 4.74 Å². The van der Waals surface area contributed by atoms with Crippen LogP contribution < -0.4 is 10.6 Å². The highest BCUT2D eigenvalue weighted by Crippen LogP contribution is 2.14. The fourth-order valence-corrected chi connectivity index (χ4v) is 1.55. The van der Waals surface area contributed by atoms with E-state index in [-0.39, 0.29) is 0 Å². The third kappa shape index (κ3) is 3.09. The molecule has 1 heterocycles. The van der Waals surface area contributed by atoms with Crippen molar-refractivity contribution in [2.75, 3.05) is 26.7 Å². The van der Waals surface area contributed by atoms with Crippen LogP contribution in [0.1, 0.15) is 19.8 Å². The summed E-state index contributed by atoms with van der Waals surface area (Å²) >= 11 is 0. The summed E-state index contributed by atoms with van der Waals surface area (Å²) < 4.78 is 5.56. The van der Waals surface area contributed by atoms with Crippen LogP contribution in [0.15, 0.2) is 0 Å². The Balaban J connectivity index is 2.05. The van der Waals surface area contributed by atoms with Gasteiger partial charge in [0.25, 0.3) is 0 Å². The van der Waals surface area contributed by atoms with Gasteiger partial charge in [-0.1, -0.05) is 0 Å². The van der Waals surface area contributed by atoms with Gasteiger partial charge < -0.3 is 15.4 Å². The van der Waals surface area contributed by atoms with E-state index in [1.165, 1.54) is 12.8 Å². The molecule has 1 aliphatic rings. The highest BCUT2D eigenvalue weighted by Gasteiger charge is 2.21. The van der Waals surface area contributed by atoms with E-state index >= 15 is 0 Å². The first kappa shape index (κ1) is 9.96. The highest BCUT2D eigenvalue weighted by molar-refractivity contribution is 4.76. The fourth-order valence-electron chi connectivity index (χ4n) is 1.55. The lowest BCUT2D eigenvalue weighted by Gasteiger charge is -2.19. The molecule has 0 aliphatic carbocycles. The maximum atomic E-state index is 5.56. The average Bonchev–Trinajstić information content (AvgIpc) is 2.56. The molecule has 2 atom stereocenters. The Morgan fingerprint density at radius 3 is 2.92 bits per heavy atom. The molecule has 12 heavy (non-hydrogen) atoms.